The van der Waals surface area contributed by atoms with Crippen LogP contribution < -0.4 is 25.0 Å². The van der Waals surface area contributed by atoms with Gasteiger partial charge >= 0.3 is 0 Å². The van der Waals surface area contributed by atoms with E-state index in [1.165, 1.54) is 6.92 Å². The molecule has 0 aromatic heterocycles. The molecule has 0 fully saturated rings. The second-order valence-corrected chi connectivity index (χ2v) is 7.40. The molecule has 0 aliphatic carbocycles. The van der Waals surface area contributed by atoms with Crippen molar-refractivity contribution < 1.29 is 19.1 Å². The molecule has 2 amide bonds. The maximum atomic E-state index is 13.5. The lowest BCUT2D eigenvalue weighted by Crippen LogP contribution is -2.43. The van der Waals surface area contributed by atoms with Crippen molar-refractivity contribution in [1.29, 1.82) is 0 Å². The number of rotatable bonds is 3. The molecule has 2 heterocycles. The maximum absolute atomic E-state index is 13.5. The van der Waals surface area contributed by atoms with E-state index in [1.807, 2.05) is 66.7 Å². The first-order valence-corrected chi connectivity index (χ1v) is 10.1. The number of benzene rings is 3. The highest BCUT2D eigenvalue weighted by molar-refractivity contribution is 6.12. The summed E-state index contributed by atoms with van der Waals surface area (Å²) in [6.07, 6.45) is -0.434. The van der Waals surface area contributed by atoms with Crippen LogP contribution in [0.25, 0.3) is 0 Å². The predicted octanol–water partition coefficient (Wildman–Crippen LogP) is 4.19. The van der Waals surface area contributed by atoms with Gasteiger partial charge in [-0.2, -0.15) is 0 Å². The van der Waals surface area contributed by atoms with Crippen molar-refractivity contribution in [2.75, 3.05) is 28.7 Å². The number of carbonyl (C=O) groups excluding carboxylic acids is 2. The number of fused-ring (bicyclic) bond motifs is 2. The van der Waals surface area contributed by atoms with Gasteiger partial charge in [-0.05, 0) is 42.0 Å². The highest BCUT2D eigenvalue weighted by atomic mass is 16.6. The fraction of sp³-hybridized carbons (Fsp3) is 0.167. The molecule has 2 aliphatic rings. The summed E-state index contributed by atoms with van der Waals surface area (Å²) in [5, 5.41) is 6.24. The number of hydrogen-bond donors (Lipinski definition) is 2. The molecule has 5 rings (SSSR count). The third kappa shape index (κ3) is 3.54. The summed E-state index contributed by atoms with van der Waals surface area (Å²) < 4.78 is 11.4. The van der Waals surface area contributed by atoms with E-state index >= 15 is 0 Å². The zero-order chi connectivity index (χ0) is 21.4. The summed E-state index contributed by atoms with van der Waals surface area (Å²) in [5.41, 5.74) is 3.66. The number of nitrogens with zero attached hydrogens (tertiary/aromatic N) is 1. The van der Waals surface area contributed by atoms with E-state index in [0.717, 1.165) is 11.3 Å². The molecule has 156 valence electrons. The van der Waals surface area contributed by atoms with Gasteiger partial charge in [-0.25, -0.2) is 0 Å². The van der Waals surface area contributed by atoms with E-state index in [1.54, 1.807) is 4.90 Å². The lowest BCUT2D eigenvalue weighted by molar-refractivity contribution is -0.114. The fourth-order valence-corrected chi connectivity index (χ4v) is 3.89. The van der Waals surface area contributed by atoms with Crippen LogP contribution in [-0.4, -0.2) is 25.0 Å². The molecule has 0 radical (unpaired) electrons. The minimum Gasteiger partial charge on any atom is -0.486 e. The topological polar surface area (TPSA) is 79.9 Å². The Balaban J connectivity index is 1.57. The van der Waals surface area contributed by atoms with Crippen molar-refractivity contribution >= 4 is 28.9 Å². The molecule has 0 bridgehead atoms. The first-order chi connectivity index (χ1) is 15.1. The van der Waals surface area contributed by atoms with Crippen molar-refractivity contribution in [1.82, 2.24) is 0 Å². The predicted molar refractivity (Wildman–Crippen MR) is 118 cm³/mol. The summed E-state index contributed by atoms with van der Waals surface area (Å²) in [4.78, 5) is 26.6. The third-order valence-corrected chi connectivity index (χ3v) is 5.28. The van der Waals surface area contributed by atoms with E-state index < -0.39 is 6.17 Å². The summed E-state index contributed by atoms with van der Waals surface area (Å²) in [6.45, 7) is 2.45. The molecule has 0 spiro atoms. The van der Waals surface area contributed by atoms with Crippen molar-refractivity contribution in [2.45, 2.75) is 13.1 Å². The second-order valence-electron chi connectivity index (χ2n) is 7.40. The largest absolute Gasteiger partial charge is 0.486 e. The number of anilines is 3. The van der Waals surface area contributed by atoms with Gasteiger partial charge in [-0.3, -0.25) is 14.5 Å². The monoisotopic (exact) mass is 415 g/mol. The Kier molecular flexibility index (Phi) is 4.71. The van der Waals surface area contributed by atoms with E-state index in [2.05, 4.69) is 10.6 Å². The van der Waals surface area contributed by atoms with Crippen LogP contribution in [0, 0.1) is 0 Å². The van der Waals surface area contributed by atoms with E-state index in [4.69, 9.17) is 9.47 Å². The zero-order valence-electron chi connectivity index (χ0n) is 16.9. The molecule has 7 heteroatoms. The quantitative estimate of drug-likeness (QED) is 0.671. The lowest BCUT2D eigenvalue weighted by atomic mass is 10.0. The Bertz CT molecular complexity index is 1160. The highest BCUT2D eigenvalue weighted by Gasteiger charge is 2.34. The van der Waals surface area contributed by atoms with Gasteiger partial charge < -0.3 is 20.1 Å². The Labute approximate surface area is 179 Å². The van der Waals surface area contributed by atoms with Crippen LogP contribution in [0.2, 0.25) is 0 Å². The molecule has 1 atom stereocenters. The van der Waals surface area contributed by atoms with Crippen molar-refractivity contribution in [3.63, 3.8) is 0 Å². The minimum absolute atomic E-state index is 0.109. The Hall–Kier alpha value is -4.00. The van der Waals surface area contributed by atoms with Crippen molar-refractivity contribution in [2.24, 2.45) is 0 Å². The van der Waals surface area contributed by atoms with Crippen molar-refractivity contribution in [3.05, 3.63) is 77.9 Å². The molecule has 0 saturated heterocycles. The Morgan fingerprint density at radius 3 is 2.52 bits per heavy atom. The average Bonchev–Trinajstić information content (AvgIpc) is 2.79. The number of carbonyl (C=O) groups is 2. The fourth-order valence-electron chi connectivity index (χ4n) is 3.89. The molecule has 2 N–H and O–H groups in total. The molecule has 2 aliphatic heterocycles. The van der Waals surface area contributed by atoms with Crippen LogP contribution in [0.5, 0.6) is 11.5 Å². The number of para-hydroxylation sites is 1. The molecule has 0 saturated carbocycles. The van der Waals surface area contributed by atoms with Gasteiger partial charge in [0.2, 0.25) is 5.91 Å². The van der Waals surface area contributed by atoms with Crippen LogP contribution in [-0.2, 0) is 4.79 Å². The van der Waals surface area contributed by atoms with E-state index in [9.17, 15) is 9.59 Å². The van der Waals surface area contributed by atoms with Gasteiger partial charge in [0.05, 0.1) is 11.3 Å². The Morgan fingerprint density at radius 2 is 1.74 bits per heavy atom. The van der Waals surface area contributed by atoms with Crippen LogP contribution in [0.3, 0.4) is 0 Å². The summed E-state index contributed by atoms with van der Waals surface area (Å²) >= 11 is 0. The van der Waals surface area contributed by atoms with E-state index in [-0.39, 0.29) is 11.8 Å². The summed E-state index contributed by atoms with van der Waals surface area (Å²) in [5.74, 6) is 1.05. The van der Waals surface area contributed by atoms with Crippen LogP contribution in [0.1, 0.15) is 29.0 Å². The Morgan fingerprint density at radius 1 is 1.00 bits per heavy atom. The first kappa shape index (κ1) is 19.0. The average molecular weight is 415 g/mol. The minimum atomic E-state index is -0.434. The van der Waals surface area contributed by atoms with Gasteiger partial charge in [0.1, 0.15) is 19.4 Å². The van der Waals surface area contributed by atoms with Gasteiger partial charge in [0, 0.05) is 24.4 Å². The van der Waals surface area contributed by atoms with Gasteiger partial charge in [-0.15, -0.1) is 0 Å². The van der Waals surface area contributed by atoms with Gasteiger partial charge in [0.25, 0.3) is 5.91 Å². The third-order valence-electron chi connectivity index (χ3n) is 5.28. The van der Waals surface area contributed by atoms with Gasteiger partial charge in [0.15, 0.2) is 11.5 Å². The standard InChI is InChI=1S/C24H21N3O4/c1-15(28)25-17-8-6-16(7-9-17)23-26-20-5-3-2-4-19(20)24(29)27(23)18-10-11-21-22(14-18)31-13-12-30-21/h2-11,14,23,26H,12-13H2,1H3,(H,25,28). The molecule has 7 nitrogen and oxygen atoms in total. The lowest BCUT2D eigenvalue weighted by Gasteiger charge is -2.38. The smallest absolute Gasteiger partial charge is 0.262 e. The van der Waals surface area contributed by atoms with Crippen LogP contribution in [0.4, 0.5) is 17.1 Å². The molecular weight excluding hydrogens is 394 g/mol. The van der Waals surface area contributed by atoms with Crippen LogP contribution >= 0.6 is 0 Å². The SMILES string of the molecule is CC(=O)Nc1ccc(C2Nc3ccccc3C(=O)N2c2ccc3c(c2)OCCO3)cc1. The molecule has 3 aromatic rings. The zero-order valence-corrected chi connectivity index (χ0v) is 16.9. The number of nitrogens with one attached hydrogen (secondary N) is 2. The van der Waals surface area contributed by atoms with E-state index in [0.29, 0.717) is 41.7 Å². The van der Waals surface area contributed by atoms with Gasteiger partial charge in [-0.1, -0.05) is 24.3 Å². The van der Waals surface area contributed by atoms with Crippen molar-refractivity contribution in [3.8, 4) is 11.5 Å². The van der Waals surface area contributed by atoms with Crippen LogP contribution in [0.15, 0.2) is 66.7 Å². The first-order valence-electron chi connectivity index (χ1n) is 10.1. The molecule has 3 aromatic carbocycles. The highest BCUT2D eigenvalue weighted by Crippen LogP contribution is 2.40. The maximum Gasteiger partial charge on any atom is 0.262 e. The summed E-state index contributed by atoms with van der Waals surface area (Å²) in [6, 6.07) is 20.4. The molecule has 31 heavy (non-hydrogen) atoms. The molecule has 1 unspecified atom stereocenters. The number of hydrogen-bond acceptors (Lipinski definition) is 5. The number of amides is 2. The normalized spacial score (nSPS) is 16.9. The molecular formula is C24H21N3O4. The second kappa shape index (κ2) is 7.68. The number of ether oxygens (including phenoxy) is 2. The summed E-state index contributed by atoms with van der Waals surface area (Å²) in [7, 11) is 0.